The van der Waals surface area contributed by atoms with Crippen molar-refractivity contribution < 1.29 is 19.1 Å². The highest BCUT2D eigenvalue weighted by Gasteiger charge is 2.07. The largest absolute Gasteiger partial charge is 0.494 e. The molecule has 0 bridgehead atoms. The molecule has 0 saturated carbocycles. The van der Waals surface area contributed by atoms with E-state index in [-0.39, 0.29) is 18.4 Å². The standard InChI is InChI=1S/C22H29N3O4/c1-3-13-29-20-10-8-18(9-11-20)25-21(26)16-24-19-7-4-6-17(15-19)22(27)23-12-5-14-28-2/h4,6-11,15,24H,3,5,12-14,16H2,1-2H3,(H,23,27)(H,25,26). The molecule has 0 heterocycles. The quantitative estimate of drug-likeness (QED) is 0.477. The number of anilines is 2. The summed E-state index contributed by atoms with van der Waals surface area (Å²) in [5.74, 6) is 0.446. The molecule has 29 heavy (non-hydrogen) atoms. The van der Waals surface area contributed by atoms with Crippen molar-refractivity contribution in [2.45, 2.75) is 19.8 Å². The topological polar surface area (TPSA) is 88.7 Å². The van der Waals surface area contributed by atoms with Gasteiger partial charge in [-0.1, -0.05) is 13.0 Å². The van der Waals surface area contributed by atoms with Gasteiger partial charge >= 0.3 is 0 Å². The number of ether oxygens (including phenoxy) is 2. The van der Waals surface area contributed by atoms with Gasteiger partial charge in [-0.25, -0.2) is 0 Å². The number of rotatable bonds is 12. The molecule has 0 atom stereocenters. The maximum absolute atomic E-state index is 12.2. The van der Waals surface area contributed by atoms with E-state index in [1.165, 1.54) is 0 Å². The summed E-state index contributed by atoms with van der Waals surface area (Å²) in [5, 5.41) is 8.70. The van der Waals surface area contributed by atoms with E-state index in [1.807, 2.05) is 25.1 Å². The Morgan fingerprint density at radius 3 is 2.52 bits per heavy atom. The molecule has 0 aliphatic rings. The number of methoxy groups -OCH3 is 1. The molecule has 3 N–H and O–H groups in total. The Hall–Kier alpha value is -3.06. The first kappa shape index (κ1) is 22.2. The van der Waals surface area contributed by atoms with Gasteiger partial charge in [-0.15, -0.1) is 0 Å². The van der Waals surface area contributed by atoms with Gasteiger partial charge in [-0.2, -0.15) is 0 Å². The summed E-state index contributed by atoms with van der Waals surface area (Å²) < 4.78 is 10.5. The molecule has 2 aromatic rings. The molecule has 7 heteroatoms. The minimum atomic E-state index is -0.179. The van der Waals surface area contributed by atoms with Crippen LogP contribution in [-0.4, -0.2) is 45.2 Å². The van der Waals surface area contributed by atoms with Crippen molar-refractivity contribution in [3.8, 4) is 5.75 Å². The van der Waals surface area contributed by atoms with Crippen LogP contribution in [0.5, 0.6) is 5.75 Å². The van der Waals surface area contributed by atoms with Crippen molar-refractivity contribution in [3.63, 3.8) is 0 Å². The highest BCUT2D eigenvalue weighted by atomic mass is 16.5. The van der Waals surface area contributed by atoms with Crippen LogP contribution in [-0.2, 0) is 9.53 Å². The Balaban J connectivity index is 1.80. The van der Waals surface area contributed by atoms with Gasteiger partial charge in [0.25, 0.3) is 5.91 Å². The number of benzene rings is 2. The zero-order valence-electron chi connectivity index (χ0n) is 17.0. The van der Waals surface area contributed by atoms with Gasteiger partial charge < -0.3 is 25.4 Å². The predicted octanol–water partition coefficient (Wildman–Crippen LogP) is 3.29. The Morgan fingerprint density at radius 2 is 1.79 bits per heavy atom. The first-order chi connectivity index (χ1) is 14.1. The van der Waals surface area contributed by atoms with Gasteiger partial charge in [0, 0.05) is 37.2 Å². The summed E-state index contributed by atoms with van der Waals surface area (Å²) in [6.07, 6.45) is 1.70. The second-order valence-electron chi connectivity index (χ2n) is 6.46. The SMILES string of the molecule is CCCOc1ccc(NC(=O)CNc2cccc(C(=O)NCCCOC)c2)cc1. The van der Waals surface area contributed by atoms with E-state index in [0.29, 0.717) is 36.7 Å². The second kappa shape index (κ2) is 12.4. The molecular formula is C22H29N3O4. The summed E-state index contributed by atoms with van der Waals surface area (Å²) in [4.78, 5) is 24.3. The first-order valence-electron chi connectivity index (χ1n) is 9.76. The smallest absolute Gasteiger partial charge is 0.251 e. The predicted molar refractivity (Wildman–Crippen MR) is 115 cm³/mol. The first-order valence-corrected chi connectivity index (χ1v) is 9.76. The third kappa shape index (κ3) is 8.23. The third-order valence-electron chi connectivity index (χ3n) is 4.00. The summed E-state index contributed by atoms with van der Waals surface area (Å²) in [7, 11) is 1.63. The fourth-order valence-electron chi connectivity index (χ4n) is 2.53. The second-order valence-corrected chi connectivity index (χ2v) is 6.46. The lowest BCUT2D eigenvalue weighted by molar-refractivity contribution is -0.114. The van der Waals surface area contributed by atoms with Crippen LogP contribution in [0.25, 0.3) is 0 Å². The molecule has 0 unspecified atom stereocenters. The van der Waals surface area contributed by atoms with E-state index < -0.39 is 0 Å². The average Bonchev–Trinajstić information content (AvgIpc) is 2.75. The third-order valence-corrected chi connectivity index (χ3v) is 4.00. The van der Waals surface area contributed by atoms with Gasteiger partial charge in [0.2, 0.25) is 5.91 Å². The minimum absolute atomic E-state index is 0.0903. The van der Waals surface area contributed by atoms with E-state index in [4.69, 9.17) is 9.47 Å². The van der Waals surface area contributed by atoms with Crippen LogP contribution in [0.2, 0.25) is 0 Å². The Kier molecular flexibility index (Phi) is 9.51. The lowest BCUT2D eigenvalue weighted by atomic mass is 10.2. The van der Waals surface area contributed by atoms with E-state index in [9.17, 15) is 9.59 Å². The Bertz CT molecular complexity index is 778. The minimum Gasteiger partial charge on any atom is -0.494 e. The number of hydrogen-bond acceptors (Lipinski definition) is 5. The van der Waals surface area contributed by atoms with Gasteiger partial charge in [-0.05, 0) is 55.3 Å². The fourth-order valence-corrected chi connectivity index (χ4v) is 2.53. The van der Waals surface area contributed by atoms with Crippen LogP contribution in [0.4, 0.5) is 11.4 Å². The number of carbonyl (C=O) groups excluding carboxylic acids is 2. The van der Waals surface area contributed by atoms with Crippen LogP contribution in [0.1, 0.15) is 30.1 Å². The summed E-state index contributed by atoms with van der Waals surface area (Å²) in [6, 6.07) is 14.3. The molecular weight excluding hydrogens is 370 g/mol. The van der Waals surface area contributed by atoms with Crippen LogP contribution in [0.15, 0.2) is 48.5 Å². The number of hydrogen-bond donors (Lipinski definition) is 3. The van der Waals surface area contributed by atoms with Crippen molar-refractivity contribution >= 4 is 23.2 Å². The van der Waals surface area contributed by atoms with Crippen LogP contribution in [0, 0.1) is 0 Å². The molecule has 0 saturated heterocycles. The van der Waals surface area contributed by atoms with Crippen molar-refractivity contribution in [1.29, 1.82) is 0 Å². The molecule has 7 nitrogen and oxygen atoms in total. The van der Waals surface area contributed by atoms with E-state index in [1.54, 1.807) is 37.4 Å². The Labute approximate surface area is 171 Å². The molecule has 0 spiro atoms. The van der Waals surface area contributed by atoms with Crippen LogP contribution in [0.3, 0.4) is 0 Å². The molecule has 2 rings (SSSR count). The molecule has 2 aromatic carbocycles. The number of amides is 2. The number of nitrogens with one attached hydrogen (secondary N) is 3. The average molecular weight is 399 g/mol. The molecule has 0 aliphatic heterocycles. The van der Waals surface area contributed by atoms with Crippen LogP contribution < -0.4 is 20.7 Å². The zero-order chi connectivity index (χ0) is 20.9. The molecule has 0 aromatic heterocycles. The maximum atomic E-state index is 12.2. The van der Waals surface area contributed by atoms with Gasteiger partial charge in [0.15, 0.2) is 0 Å². The van der Waals surface area contributed by atoms with Crippen molar-refractivity contribution in [2.75, 3.05) is 44.0 Å². The fraction of sp³-hybridized carbons (Fsp3) is 0.364. The van der Waals surface area contributed by atoms with Gasteiger partial charge in [0.1, 0.15) is 5.75 Å². The number of carbonyl (C=O) groups is 2. The summed E-state index contributed by atoms with van der Waals surface area (Å²) in [5.41, 5.74) is 1.94. The van der Waals surface area contributed by atoms with Crippen molar-refractivity contribution in [1.82, 2.24) is 5.32 Å². The molecule has 156 valence electrons. The highest BCUT2D eigenvalue weighted by molar-refractivity contribution is 5.96. The summed E-state index contributed by atoms with van der Waals surface area (Å²) >= 11 is 0. The van der Waals surface area contributed by atoms with Crippen molar-refractivity contribution in [3.05, 3.63) is 54.1 Å². The Morgan fingerprint density at radius 1 is 1.00 bits per heavy atom. The van der Waals surface area contributed by atoms with Gasteiger partial charge in [0.05, 0.1) is 13.2 Å². The molecule has 0 aliphatic carbocycles. The monoisotopic (exact) mass is 399 g/mol. The maximum Gasteiger partial charge on any atom is 0.251 e. The lowest BCUT2D eigenvalue weighted by Crippen LogP contribution is -2.25. The lowest BCUT2D eigenvalue weighted by Gasteiger charge is -2.10. The van der Waals surface area contributed by atoms with E-state index in [0.717, 1.165) is 18.6 Å². The van der Waals surface area contributed by atoms with E-state index >= 15 is 0 Å². The molecule has 2 amide bonds. The summed E-state index contributed by atoms with van der Waals surface area (Å²) in [6.45, 7) is 3.96. The van der Waals surface area contributed by atoms with Crippen molar-refractivity contribution in [2.24, 2.45) is 0 Å². The normalized spacial score (nSPS) is 10.3. The van der Waals surface area contributed by atoms with Gasteiger partial charge in [-0.3, -0.25) is 9.59 Å². The zero-order valence-corrected chi connectivity index (χ0v) is 17.0. The molecule has 0 fully saturated rings. The van der Waals surface area contributed by atoms with Crippen LogP contribution >= 0.6 is 0 Å². The molecule has 0 radical (unpaired) electrons. The highest BCUT2D eigenvalue weighted by Crippen LogP contribution is 2.16. The van der Waals surface area contributed by atoms with E-state index in [2.05, 4.69) is 16.0 Å².